The average Bonchev–Trinajstić information content (AvgIpc) is 2.54. The number of nitrogens with one attached hydrogen (secondary N) is 1. The Balaban J connectivity index is 2.31. The second kappa shape index (κ2) is 3.70. The molecule has 0 spiro atoms. The van der Waals surface area contributed by atoms with Crippen LogP contribution in [-0.2, 0) is 0 Å². The highest BCUT2D eigenvalue weighted by atomic mass is 15.0. The van der Waals surface area contributed by atoms with Crippen molar-refractivity contribution in [2.24, 2.45) is 0 Å². The van der Waals surface area contributed by atoms with Crippen LogP contribution in [-0.4, -0.2) is 15.9 Å². The molecule has 0 saturated carbocycles. The summed E-state index contributed by atoms with van der Waals surface area (Å²) in [6, 6.07) is 4.10. The summed E-state index contributed by atoms with van der Waals surface area (Å²) in [7, 11) is 0. The van der Waals surface area contributed by atoms with E-state index in [-0.39, 0.29) is 0 Å². The minimum absolute atomic E-state index is 1.00. The van der Waals surface area contributed by atoms with Crippen LogP contribution in [0.25, 0.3) is 5.65 Å². The molecule has 0 atom stereocenters. The molecule has 14 heavy (non-hydrogen) atoms. The van der Waals surface area contributed by atoms with E-state index >= 15 is 0 Å². The van der Waals surface area contributed by atoms with Crippen molar-refractivity contribution < 1.29 is 0 Å². The van der Waals surface area contributed by atoms with Crippen molar-refractivity contribution in [2.75, 3.05) is 11.9 Å². The fraction of sp³-hybridized carbons (Fsp3) is 0.364. The fourth-order valence-electron chi connectivity index (χ4n) is 1.49. The molecule has 3 nitrogen and oxygen atoms in total. The number of hydrogen-bond acceptors (Lipinski definition) is 2. The molecular weight excluding hydrogens is 174 g/mol. The Morgan fingerprint density at radius 3 is 3.00 bits per heavy atom. The largest absolute Gasteiger partial charge is 0.384 e. The zero-order valence-corrected chi connectivity index (χ0v) is 8.62. The zero-order valence-electron chi connectivity index (χ0n) is 8.62. The van der Waals surface area contributed by atoms with Gasteiger partial charge in [-0.2, -0.15) is 0 Å². The van der Waals surface area contributed by atoms with Crippen molar-refractivity contribution in [1.82, 2.24) is 9.38 Å². The van der Waals surface area contributed by atoms with Gasteiger partial charge in [0.1, 0.15) is 5.65 Å². The molecule has 0 aliphatic heterocycles. The first-order valence-corrected chi connectivity index (χ1v) is 4.99. The molecule has 1 N–H and O–H groups in total. The normalized spacial score (nSPS) is 10.7. The Labute approximate surface area is 83.8 Å². The molecular formula is C11H15N3. The zero-order chi connectivity index (χ0) is 9.97. The molecule has 0 aliphatic rings. The summed E-state index contributed by atoms with van der Waals surface area (Å²) in [6.45, 7) is 5.18. The lowest BCUT2D eigenvalue weighted by Gasteiger charge is -2.04. The third-order valence-electron chi connectivity index (χ3n) is 2.15. The van der Waals surface area contributed by atoms with Crippen LogP contribution in [0.15, 0.2) is 24.5 Å². The number of aromatic nitrogens is 2. The van der Waals surface area contributed by atoms with Crippen LogP contribution in [0, 0.1) is 6.92 Å². The Bertz CT molecular complexity index is 431. The highest BCUT2D eigenvalue weighted by Gasteiger charge is 1.97. The monoisotopic (exact) mass is 189 g/mol. The Hall–Kier alpha value is -1.51. The van der Waals surface area contributed by atoms with E-state index in [1.54, 1.807) is 0 Å². The molecule has 0 bridgehead atoms. The van der Waals surface area contributed by atoms with E-state index in [9.17, 15) is 0 Å². The van der Waals surface area contributed by atoms with Gasteiger partial charge >= 0.3 is 0 Å². The number of pyridine rings is 1. The van der Waals surface area contributed by atoms with Crippen molar-refractivity contribution in [1.29, 1.82) is 0 Å². The summed E-state index contributed by atoms with van der Waals surface area (Å²) >= 11 is 0. The van der Waals surface area contributed by atoms with Gasteiger partial charge in [0.05, 0.1) is 11.4 Å². The van der Waals surface area contributed by atoms with Crippen LogP contribution < -0.4 is 5.32 Å². The molecule has 2 heterocycles. The van der Waals surface area contributed by atoms with Gasteiger partial charge in [-0.25, -0.2) is 4.98 Å². The van der Waals surface area contributed by atoms with Crippen molar-refractivity contribution >= 4 is 11.3 Å². The van der Waals surface area contributed by atoms with E-state index in [1.807, 2.05) is 23.6 Å². The molecule has 0 radical (unpaired) electrons. The van der Waals surface area contributed by atoms with Crippen molar-refractivity contribution in [2.45, 2.75) is 20.3 Å². The number of anilines is 1. The Kier molecular flexibility index (Phi) is 2.39. The standard InChI is InChI=1S/C11H15N3/c1-3-6-12-10-4-5-11-13-9(2)7-14(11)8-10/h4-5,7-8,12H,3,6H2,1-2H3. The first-order valence-electron chi connectivity index (χ1n) is 4.99. The van der Waals surface area contributed by atoms with E-state index < -0.39 is 0 Å². The van der Waals surface area contributed by atoms with Gasteiger partial charge in [0, 0.05) is 18.9 Å². The summed E-state index contributed by atoms with van der Waals surface area (Å²) in [4.78, 5) is 4.37. The third-order valence-corrected chi connectivity index (χ3v) is 2.15. The first-order chi connectivity index (χ1) is 6.79. The Morgan fingerprint density at radius 1 is 1.36 bits per heavy atom. The van der Waals surface area contributed by atoms with Gasteiger partial charge < -0.3 is 9.72 Å². The van der Waals surface area contributed by atoms with Gasteiger partial charge in [-0.3, -0.25) is 0 Å². The summed E-state index contributed by atoms with van der Waals surface area (Å²) in [6.07, 6.45) is 5.25. The highest BCUT2D eigenvalue weighted by Crippen LogP contribution is 2.11. The molecule has 0 fully saturated rings. The summed E-state index contributed by atoms with van der Waals surface area (Å²) in [5, 5.41) is 3.35. The van der Waals surface area contributed by atoms with Crippen LogP contribution in [0.4, 0.5) is 5.69 Å². The Morgan fingerprint density at radius 2 is 2.21 bits per heavy atom. The van der Waals surface area contributed by atoms with Crippen LogP contribution in [0.2, 0.25) is 0 Å². The number of fused-ring (bicyclic) bond motifs is 1. The lowest BCUT2D eigenvalue weighted by Crippen LogP contribution is -2.00. The molecule has 0 saturated heterocycles. The summed E-state index contributed by atoms with van der Waals surface area (Å²) < 4.78 is 2.05. The number of imidazole rings is 1. The second-order valence-corrected chi connectivity index (χ2v) is 3.49. The molecule has 0 aromatic carbocycles. The van der Waals surface area contributed by atoms with Crippen molar-refractivity contribution in [3.63, 3.8) is 0 Å². The predicted octanol–water partition coefficient (Wildman–Crippen LogP) is 2.46. The smallest absolute Gasteiger partial charge is 0.137 e. The molecule has 2 aromatic heterocycles. The van der Waals surface area contributed by atoms with Gasteiger partial charge in [-0.15, -0.1) is 0 Å². The lowest BCUT2D eigenvalue weighted by atomic mass is 10.4. The quantitative estimate of drug-likeness (QED) is 0.803. The maximum atomic E-state index is 4.37. The van der Waals surface area contributed by atoms with E-state index in [0.717, 1.165) is 30.0 Å². The van der Waals surface area contributed by atoms with Crippen LogP contribution >= 0.6 is 0 Å². The molecule has 2 aromatic rings. The van der Waals surface area contributed by atoms with Gasteiger partial charge in [-0.1, -0.05) is 6.92 Å². The van der Waals surface area contributed by atoms with Gasteiger partial charge in [0.2, 0.25) is 0 Å². The third kappa shape index (κ3) is 1.71. The number of aryl methyl sites for hydroxylation is 1. The number of rotatable bonds is 3. The molecule has 0 unspecified atom stereocenters. The number of nitrogens with zero attached hydrogens (tertiary/aromatic N) is 2. The van der Waals surface area contributed by atoms with E-state index in [0.29, 0.717) is 0 Å². The van der Waals surface area contributed by atoms with E-state index in [1.165, 1.54) is 0 Å². The van der Waals surface area contributed by atoms with Crippen LogP contribution in [0.5, 0.6) is 0 Å². The molecule has 3 heteroatoms. The first kappa shape index (κ1) is 9.06. The summed E-state index contributed by atoms with van der Waals surface area (Å²) in [5.74, 6) is 0. The predicted molar refractivity (Wildman–Crippen MR) is 58.7 cm³/mol. The fourth-order valence-corrected chi connectivity index (χ4v) is 1.49. The average molecular weight is 189 g/mol. The van der Waals surface area contributed by atoms with Crippen LogP contribution in [0.1, 0.15) is 19.0 Å². The van der Waals surface area contributed by atoms with Crippen molar-refractivity contribution in [3.05, 3.63) is 30.2 Å². The van der Waals surface area contributed by atoms with Gasteiger partial charge in [0.25, 0.3) is 0 Å². The minimum atomic E-state index is 1.00. The molecule has 0 amide bonds. The van der Waals surface area contributed by atoms with Crippen LogP contribution in [0.3, 0.4) is 0 Å². The molecule has 74 valence electrons. The molecule has 0 aliphatic carbocycles. The SMILES string of the molecule is CCCNc1ccc2nc(C)cn2c1. The lowest BCUT2D eigenvalue weighted by molar-refractivity contribution is 0.976. The van der Waals surface area contributed by atoms with Crippen molar-refractivity contribution in [3.8, 4) is 0 Å². The van der Waals surface area contributed by atoms with Gasteiger partial charge in [-0.05, 0) is 25.5 Å². The highest BCUT2D eigenvalue weighted by molar-refractivity contribution is 5.50. The maximum absolute atomic E-state index is 4.37. The minimum Gasteiger partial charge on any atom is -0.384 e. The number of hydrogen-bond donors (Lipinski definition) is 1. The summed E-state index contributed by atoms with van der Waals surface area (Å²) in [5.41, 5.74) is 3.21. The van der Waals surface area contributed by atoms with E-state index in [2.05, 4.69) is 29.5 Å². The molecule has 2 rings (SSSR count). The topological polar surface area (TPSA) is 29.3 Å². The van der Waals surface area contributed by atoms with E-state index in [4.69, 9.17) is 0 Å². The maximum Gasteiger partial charge on any atom is 0.137 e. The second-order valence-electron chi connectivity index (χ2n) is 3.49. The van der Waals surface area contributed by atoms with Gasteiger partial charge in [0.15, 0.2) is 0 Å².